The maximum Gasteiger partial charge on any atom is 0.335 e. The lowest BCUT2D eigenvalue weighted by Crippen LogP contribution is -2.37. The van der Waals surface area contributed by atoms with Crippen LogP contribution >= 0.6 is 23.2 Å². The Balaban J connectivity index is 2.21. The molecule has 0 aromatic heterocycles. The van der Waals surface area contributed by atoms with Crippen LogP contribution in [0.1, 0.15) is 10.4 Å². The van der Waals surface area contributed by atoms with Crippen molar-refractivity contribution >= 4 is 40.8 Å². The van der Waals surface area contributed by atoms with Crippen LogP contribution in [0.4, 0.5) is 5.69 Å². The molecule has 0 aliphatic carbocycles. The number of carboxylic acid groups (broad SMARTS) is 1. The molecule has 20 heavy (non-hydrogen) atoms. The third-order valence-corrected chi connectivity index (χ3v) is 3.59. The molecule has 0 radical (unpaired) electrons. The summed E-state index contributed by atoms with van der Waals surface area (Å²) in [5.74, 6) is -2.00. The van der Waals surface area contributed by atoms with Crippen LogP contribution in [0.3, 0.4) is 0 Å². The minimum atomic E-state index is -1.15. The van der Waals surface area contributed by atoms with Gasteiger partial charge in [0.05, 0.1) is 40.4 Å². The summed E-state index contributed by atoms with van der Waals surface area (Å²) >= 11 is 11.9. The van der Waals surface area contributed by atoms with Gasteiger partial charge in [0, 0.05) is 6.04 Å². The molecule has 2 unspecified atom stereocenters. The smallest absolute Gasteiger partial charge is 0.335 e. The van der Waals surface area contributed by atoms with Crippen LogP contribution in [-0.4, -0.2) is 36.2 Å². The lowest BCUT2D eigenvalue weighted by atomic mass is 10.0. The number of ether oxygens (including phenoxy) is 1. The average molecular weight is 319 g/mol. The first-order valence-electron chi connectivity index (χ1n) is 5.76. The van der Waals surface area contributed by atoms with Crippen molar-refractivity contribution in [3.05, 3.63) is 27.7 Å². The molecule has 1 aliphatic heterocycles. The largest absolute Gasteiger partial charge is 0.478 e. The zero-order chi connectivity index (χ0) is 14.9. The number of anilines is 1. The number of carbonyl (C=O) groups is 2. The molecule has 1 aromatic carbocycles. The van der Waals surface area contributed by atoms with Crippen molar-refractivity contribution < 1.29 is 19.4 Å². The first-order valence-corrected chi connectivity index (χ1v) is 6.52. The standard InChI is InChI=1S/C12H12Cl2N2O4/c13-7-1-5(12(18)19)2-8(14)10(7)16-11(17)6-3-20-4-9(6)15/h1-2,6,9H,3-4,15H2,(H,16,17)(H,18,19). The SMILES string of the molecule is NC1COCC1C(=O)Nc1c(Cl)cc(C(=O)O)cc1Cl. The molecular weight excluding hydrogens is 307 g/mol. The molecule has 0 spiro atoms. The Hall–Kier alpha value is -1.34. The summed E-state index contributed by atoms with van der Waals surface area (Å²) in [7, 11) is 0. The van der Waals surface area contributed by atoms with E-state index in [1.807, 2.05) is 0 Å². The van der Waals surface area contributed by atoms with Crippen molar-refractivity contribution in [3.63, 3.8) is 0 Å². The van der Waals surface area contributed by atoms with Crippen molar-refractivity contribution in [1.82, 2.24) is 0 Å². The van der Waals surface area contributed by atoms with Gasteiger partial charge in [0.25, 0.3) is 0 Å². The molecule has 1 aliphatic rings. The van der Waals surface area contributed by atoms with E-state index < -0.39 is 11.9 Å². The molecule has 1 fully saturated rings. The van der Waals surface area contributed by atoms with Crippen LogP contribution in [0.5, 0.6) is 0 Å². The van der Waals surface area contributed by atoms with Crippen LogP contribution in [0.15, 0.2) is 12.1 Å². The summed E-state index contributed by atoms with van der Waals surface area (Å²) in [6.45, 7) is 0.549. The van der Waals surface area contributed by atoms with E-state index in [-0.39, 0.29) is 39.9 Å². The first-order chi connectivity index (χ1) is 9.40. The fourth-order valence-electron chi connectivity index (χ4n) is 1.87. The molecule has 1 saturated heterocycles. The Morgan fingerprint density at radius 3 is 2.35 bits per heavy atom. The second-order valence-corrected chi connectivity index (χ2v) is 5.23. The van der Waals surface area contributed by atoms with E-state index in [0.29, 0.717) is 6.61 Å². The van der Waals surface area contributed by atoms with Crippen molar-refractivity contribution in [1.29, 1.82) is 0 Å². The number of benzene rings is 1. The molecular formula is C12H12Cl2N2O4. The van der Waals surface area contributed by atoms with Gasteiger partial charge in [0.1, 0.15) is 0 Å². The summed E-state index contributed by atoms with van der Waals surface area (Å²) < 4.78 is 5.11. The van der Waals surface area contributed by atoms with Crippen LogP contribution in [-0.2, 0) is 9.53 Å². The molecule has 6 nitrogen and oxygen atoms in total. The number of aromatic carboxylic acids is 1. The Morgan fingerprint density at radius 2 is 1.90 bits per heavy atom. The van der Waals surface area contributed by atoms with Crippen molar-refractivity contribution in [3.8, 4) is 0 Å². The molecule has 2 atom stereocenters. The Morgan fingerprint density at radius 1 is 1.30 bits per heavy atom. The molecule has 1 amide bonds. The van der Waals surface area contributed by atoms with Crippen molar-refractivity contribution in [2.45, 2.75) is 6.04 Å². The summed E-state index contributed by atoms with van der Waals surface area (Å²) in [6, 6.07) is 2.05. The van der Waals surface area contributed by atoms with E-state index in [2.05, 4.69) is 5.32 Å². The normalized spacial score (nSPS) is 21.8. The molecule has 8 heteroatoms. The van der Waals surface area contributed by atoms with Crippen LogP contribution in [0.25, 0.3) is 0 Å². The van der Waals surface area contributed by atoms with E-state index in [4.69, 9.17) is 38.8 Å². The van der Waals surface area contributed by atoms with E-state index in [0.717, 1.165) is 0 Å². The maximum atomic E-state index is 12.0. The molecule has 4 N–H and O–H groups in total. The van der Waals surface area contributed by atoms with E-state index in [1.165, 1.54) is 12.1 Å². The first kappa shape index (κ1) is 15.1. The number of halogens is 2. The monoisotopic (exact) mass is 318 g/mol. The van der Waals surface area contributed by atoms with Crippen molar-refractivity contribution in [2.24, 2.45) is 11.7 Å². The number of nitrogens with one attached hydrogen (secondary N) is 1. The Kier molecular flexibility index (Phi) is 4.49. The fraction of sp³-hybridized carbons (Fsp3) is 0.333. The van der Waals surface area contributed by atoms with Gasteiger partial charge in [0.15, 0.2) is 0 Å². The highest BCUT2D eigenvalue weighted by Gasteiger charge is 2.32. The Labute approximate surface area is 124 Å². The average Bonchev–Trinajstić information content (AvgIpc) is 2.79. The molecule has 1 heterocycles. The maximum absolute atomic E-state index is 12.0. The van der Waals surface area contributed by atoms with Gasteiger partial charge < -0.3 is 20.9 Å². The Bertz CT molecular complexity index is 541. The predicted molar refractivity (Wildman–Crippen MR) is 74.3 cm³/mol. The zero-order valence-corrected chi connectivity index (χ0v) is 11.7. The molecule has 1 aromatic rings. The lowest BCUT2D eigenvalue weighted by molar-refractivity contribution is -0.120. The van der Waals surface area contributed by atoms with Gasteiger partial charge in [-0.2, -0.15) is 0 Å². The summed E-state index contributed by atoms with van der Waals surface area (Å²) in [5, 5.41) is 11.5. The van der Waals surface area contributed by atoms with Gasteiger partial charge in [-0.05, 0) is 12.1 Å². The predicted octanol–water partition coefficient (Wildman–Crippen LogP) is 1.60. The van der Waals surface area contributed by atoms with Crippen molar-refractivity contribution in [2.75, 3.05) is 18.5 Å². The van der Waals surface area contributed by atoms with Gasteiger partial charge in [-0.25, -0.2) is 4.79 Å². The van der Waals surface area contributed by atoms with E-state index >= 15 is 0 Å². The number of hydrogen-bond acceptors (Lipinski definition) is 4. The highest BCUT2D eigenvalue weighted by Crippen LogP contribution is 2.32. The minimum Gasteiger partial charge on any atom is -0.478 e. The summed E-state index contributed by atoms with van der Waals surface area (Å²) in [5.41, 5.74) is 5.86. The number of nitrogens with two attached hydrogens (primary N) is 1. The number of amides is 1. The quantitative estimate of drug-likeness (QED) is 0.785. The van der Waals surface area contributed by atoms with Crippen LogP contribution in [0, 0.1) is 5.92 Å². The topological polar surface area (TPSA) is 102 Å². The lowest BCUT2D eigenvalue weighted by Gasteiger charge is -2.15. The fourth-order valence-corrected chi connectivity index (χ4v) is 2.45. The van der Waals surface area contributed by atoms with E-state index in [9.17, 15) is 9.59 Å². The highest BCUT2D eigenvalue weighted by molar-refractivity contribution is 6.40. The highest BCUT2D eigenvalue weighted by atomic mass is 35.5. The van der Waals surface area contributed by atoms with Crippen LogP contribution < -0.4 is 11.1 Å². The van der Waals surface area contributed by atoms with Gasteiger partial charge in [-0.3, -0.25) is 4.79 Å². The third-order valence-electron chi connectivity index (χ3n) is 3.00. The molecule has 0 saturated carbocycles. The minimum absolute atomic E-state index is 0.0516. The van der Waals surface area contributed by atoms with E-state index in [1.54, 1.807) is 0 Å². The molecule has 0 bridgehead atoms. The number of rotatable bonds is 3. The number of hydrogen-bond donors (Lipinski definition) is 3. The molecule has 2 rings (SSSR count). The number of carboxylic acids is 1. The van der Waals surface area contributed by atoms with Gasteiger partial charge in [-0.15, -0.1) is 0 Å². The van der Waals surface area contributed by atoms with Gasteiger partial charge in [-0.1, -0.05) is 23.2 Å². The third kappa shape index (κ3) is 3.04. The second-order valence-electron chi connectivity index (χ2n) is 4.42. The number of carbonyl (C=O) groups excluding carboxylic acids is 1. The summed E-state index contributed by atoms with van der Waals surface area (Å²) in [6.07, 6.45) is 0. The molecule has 108 valence electrons. The summed E-state index contributed by atoms with van der Waals surface area (Å²) in [4.78, 5) is 22.9. The second kappa shape index (κ2) is 5.97. The van der Waals surface area contributed by atoms with Gasteiger partial charge in [0.2, 0.25) is 5.91 Å². The van der Waals surface area contributed by atoms with Gasteiger partial charge >= 0.3 is 5.97 Å². The zero-order valence-electron chi connectivity index (χ0n) is 10.2. The van der Waals surface area contributed by atoms with Crippen LogP contribution in [0.2, 0.25) is 10.0 Å².